The summed E-state index contributed by atoms with van der Waals surface area (Å²) in [6.45, 7) is 1.72. The second kappa shape index (κ2) is 7.90. The first kappa shape index (κ1) is 19.5. The lowest BCUT2D eigenvalue weighted by atomic mass is 10.0. The predicted octanol–water partition coefficient (Wildman–Crippen LogP) is 2.67. The topological polar surface area (TPSA) is 89.4 Å². The van der Waals surface area contributed by atoms with E-state index in [0.717, 1.165) is 0 Å². The van der Waals surface area contributed by atoms with Gasteiger partial charge in [0.25, 0.3) is 0 Å². The summed E-state index contributed by atoms with van der Waals surface area (Å²) < 4.78 is 35.7. The number of aromatic nitrogens is 3. The van der Waals surface area contributed by atoms with Crippen molar-refractivity contribution >= 4 is 17.7 Å². The van der Waals surface area contributed by atoms with Crippen LogP contribution in [0.2, 0.25) is 0 Å². The number of cyclic esters (lactones) is 1. The molecule has 0 aliphatic carbocycles. The molecule has 0 bridgehead atoms. The smallest absolute Gasteiger partial charge is 0.414 e. The highest BCUT2D eigenvalue weighted by Gasteiger charge is 2.32. The highest BCUT2D eigenvalue weighted by molar-refractivity contribution is 5.90. The van der Waals surface area contributed by atoms with Crippen LogP contribution < -0.4 is 10.2 Å². The van der Waals surface area contributed by atoms with Gasteiger partial charge in [0.1, 0.15) is 36.1 Å². The van der Waals surface area contributed by atoms with Crippen LogP contribution in [0.3, 0.4) is 0 Å². The molecule has 0 spiro atoms. The Morgan fingerprint density at radius 2 is 2.07 bits per heavy atom. The van der Waals surface area contributed by atoms with E-state index in [1.165, 1.54) is 53.4 Å². The number of hydrogen-bond donors (Lipinski definition) is 1. The number of carbonyl (C=O) groups is 2. The predicted molar refractivity (Wildman–Crippen MR) is 103 cm³/mol. The van der Waals surface area contributed by atoms with Gasteiger partial charge in [0, 0.05) is 12.5 Å². The molecule has 1 aliphatic heterocycles. The van der Waals surface area contributed by atoms with Crippen LogP contribution in [0.4, 0.5) is 19.3 Å². The van der Waals surface area contributed by atoms with E-state index < -0.39 is 23.8 Å². The first-order chi connectivity index (χ1) is 14.4. The number of carbonyl (C=O) groups excluding carboxylic acids is 2. The molecule has 0 saturated carbocycles. The molecule has 1 saturated heterocycles. The van der Waals surface area contributed by atoms with Gasteiger partial charge in [-0.3, -0.25) is 9.69 Å². The third-order valence-electron chi connectivity index (χ3n) is 4.64. The number of nitrogens with zero attached hydrogens (tertiary/aromatic N) is 4. The number of rotatable bonds is 5. The van der Waals surface area contributed by atoms with Gasteiger partial charge in [-0.1, -0.05) is 6.07 Å². The third-order valence-corrected chi connectivity index (χ3v) is 4.64. The van der Waals surface area contributed by atoms with Gasteiger partial charge in [-0.15, -0.1) is 0 Å². The lowest BCUT2D eigenvalue weighted by Gasteiger charge is -2.15. The maximum atomic E-state index is 14.8. The molecule has 2 heterocycles. The Morgan fingerprint density at radius 3 is 2.73 bits per heavy atom. The molecule has 1 N–H and O–H groups in total. The van der Waals surface area contributed by atoms with E-state index in [2.05, 4.69) is 15.4 Å². The lowest BCUT2D eigenvalue weighted by molar-refractivity contribution is -0.119. The van der Waals surface area contributed by atoms with E-state index in [1.807, 2.05) is 0 Å². The summed E-state index contributed by atoms with van der Waals surface area (Å²) >= 11 is 0. The van der Waals surface area contributed by atoms with Crippen LogP contribution in [0.5, 0.6) is 0 Å². The molecule has 30 heavy (non-hydrogen) atoms. The second-order valence-electron chi connectivity index (χ2n) is 6.72. The molecule has 2 amide bonds. The SMILES string of the molecule is CC(=O)NC[C@H]1CN(c2ccc(-c3ccc(-n4cncn4)c(F)c3)c(F)c2)C(=O)O1. The normalized spacial score (nSPS) is 15.9. The first-order valence-electron chi connectivity index (χ1n) is 9.09. The summed E-state index contributed by atoms with van der Waals surface area (Å²) in [6, 6.07) is 8.50. The minimum atomic E-state index is -0.624. The van der Waals surface area contributed by atoms with Gasteiger partial charge in [-0.2, -0.15) is 5.10 Å². The number of anilines is 1. The zero-order valence-electron chi connectivity index (χ0n) is 15.9. The van der Waals surface area contributed by atoms with Gasteiger partial charge < -0.3 is 10.1 Å². The highest BCUT2D eigenvalue weighted by atomic mass is 19.1. The van der Waals surface area contributed by atoms with Crippen molar-refractivity contribution in [3.05, 3.63) is 60.7 Å². The van der Waals surface area contributed by atoms with E-state index >= 15 is 0 Å². The number of halogens is 2. The van der Waals surface area contributed by atoms with Gasteiger partial charge in [0.2, 0.25) is 5.91 Å². The molecular formula is C20H17F2N5O3. The van der Waals surface area contributed by atoms with Gasteiger partial charge in [0.05, 0.1) is 18.8 Å². The molecule has 0 unspecified atom stereocenters. The summed E-state index contributed by atoms with van der Waals surface area (Å²) in [5, 5.41) is 6.46. The average Bonchev–Trinajstić information content (AvgIpc) is 3.36. The van der Waals surface area contributed by atoms with Gasteiger partial charge >= 0.3 is 6.09 Å². The maximum absolute atomic E-state index is 14.8. The fourth-order valence-electron chi connectivity index (χ4n) is 3.20. The fourth-order valence-corrected chi connectivity index (χ4v) is 3.20. The molecule has 8 nitrogen and oxygen atoms in total. The van der Waals surface area contributed by atoms with Crippen molar-refractivity contribution in [1.82, 2.24) is 20.1 Å². The monoisotopic (exact) mass is 413 g/mol. The molecular weight excluding hydrogens is 396 g/mol. The molecule has 154 valence electrons. The van der Waals surface area contributed by atoms with Crippen LogP contribution in [-0.4, -0.2) is 46.0 Å². The largest absolute Gasteiger partial charge is 0.442 e. The number of hydrogen-bond acceptors (Lipinski definition) is 5. The van der Waals surface area contributed by atoms with Crippen molar-refractivity contribution in [1.29, 1.82) is 0 Å². The van der Waals surface area contributed by atoms with Crippen LogP contribution in [0.25, 0.3) is 16.8 Å². The van der Waals surface area contributed by atoms with E-state index in [9.17, 15) is 18.4 Å². The van der Waals surface area contributed by atoms with Gasteiger partial charge in [-0.25, -0.2) is 23.2 Å². The minimum Gasteiger partial charge on any atom is -0.442 e. The standard InChI is InChI=1S/C20H17F2N5O3/c1-12(28)24-8-15-9-26(20(29)30-15)14-3-4-16(17(21)7-14)13-2-5-19(18(22)6-13)27-11-23-10-25-27/h2-7,10-11,15H,8-9H2,1H3,(H,24,28)/t15-/m0/s1. The molecule has 3 aromatic rings. The Kier molecular flexibility index (Phi) is 5.13. The van der Waals surface area contributed by atoms with Crippen LogP contribution in [0.15, 0.2) is 49.1 Å². The van der Waals surface area contributed by atoms with Crippen molar-refractivity contribution in [2.24, 2.45) is 0 Å². The van der Waals surface area contributed by atoms with E-state index in [0.29, 0.717) is 11.3 Å². The summed E-state index contributed by atoms with van der Waals surface area (Å²) in [5.41, 5.74) is 1.03. The molecule has 1 aliphatic rings. The van der Waals surface area contributed by atoms with Crippen molar-refractivity contribution in [2.75, 3.05) is 18.0 Å². The summed E-state index contributed by atoms with van der Waals surface area (Å²) in [7, 11) is 0. The second-order valence-corrected chi connectivity index (χ2v) is 6.72. The van der Waals surface area contributed by atoms with E-state index in [4.69, 9.17) is 4.74 Å². The third kappa shape index (κ3) is 3.84. The zero-order chi connectivity index (χ0) is 21.3. The van der Waals surface area contributed by atoms with Gasteiger partial charge in [-0.05, 0) is 35.9 Å². The lowest BCUT2D eigenvalue weighted by Crippen LogP contribution is -2.33. The molecule has 1 fully saturated rings. The van der Waals surface area contributed by atoms with Crippen LogP contribution in [0, 0.1) is 11.6 Å². The summed E-state index contributed by atoms with van der Waals surface area (Å²) in [6.07, 6.45) is 1.50. The average molecular weight is 413 g/mol. The number of benzene rings is 2. The van der Waals surface area contributed by atoms with Crippen molar-refractivity contribution in [3.8, 4) is 16.8 Å². The maximum Gasteiger partial charge on any atom is 0.414 e. The summed E-state index contributed by atoms with van der Waals surface area (Å²) in [5.74, 6) is -1.43. The molecule has 1 atom stereocenters. The Hall–Kier alpha value is -3.82. The van der Waals surface area contributed by atoms with Crippen LogP contribution in [0.1, 0.15) is 6.92 Å². The number of nitrogens with one attached hydrogen (secondary N) is 1. The van der Waals surface area contributed by atoms with Crippen molar-refractivity contribution in [2.45, 2.75) is 13.0 Å². The Bertz CT molecular complexity index is 1100. The van der Waals surface area contributed by atoms with E-state index in [-0.39, 0.29) is 30.2 Å². The minimum absolute atomic E-state index is 0.176. The number of amides is 2. The fraction of sp³-hybridized carbons (Fsp3) is 0.200. The molecule has 10 heteroatoms. The summed E-state index contributed by atoms with van der Waals surface area (Å²) in [4.78, 5) is 28.2. The van der Waals surface area contributed by atoms with E-state index in [1.54, 1.807) is 12.1 Å². The quantitative estimate of drug-likeness (QED) is 0.695. The van der Waals surface area contributed by atoms with Gasteiger partial charge in [0.15, 0.2) is 0 Å². The highest BCUT2D eigenvalue weighted by Crippen LogP contribution is 2.30. The Balaban J connectivity index is 1.55. The first-order valence-corrected chi connectivity index (χ1v) is 9.09. The molecule has 4 rings (SSSR count). The van der Waals surface area contributed by atoms with Crippen molar-refractivity contribution in [3.63, 3.8) is 0 Å². The molecule has 0 radical (unpaired) electrons. The Morgan fingerprint density at radius 1 is 1.23 bits per heavy atom. The number of ether oxygens (including phenoxy) is 1. The van der Waals surface area contributed by atoms with Crippen molar-refractivity contribution < 1.29 is 23.1 Å². The zero-order valence-corrected chi connectivity index (χ0v) is 15.9. The molecule has 2 aromatic carbocycles. The van der Waals surface area contributed by atoms with Crippen LogP contribution >= 0.6 is 0 Å². The van der Waals surface area contributed by atoms with Crippen LogP contribution in [-0.2, 0) is 9.53 Å². The Labute approximate surface area is 170 Å². The molecule has 1 aromatic heterocycles.